The van der Waals surface area contributed by atoms with Gasteiger partial charge in [-0.2, -0.15) is 0 Å². The molecular weight excluding hydrogens is 310 g/mol. The molecule has 0 aliphatic rings. The third-order valence-corrected chi connectivity index (χ3v) is 3.36. The van der Waals surface area contributed by atoms with Crippen molar-refractivity contribution in [1.29, 1.82) is 0 Å². The van der Waals surface area contributed by atoms with Gasteiger partial charge in [0, 0.05) is 24.5 Å². The molecule has 0 spiro atoms. The van der Waals surface area contributed by atoms with E-state index in [1.165, 1.54) is 12.1 Å². The molecule has 0 fully saturated rings. The fourth-order valence-electron chi connectivity index (χ4n) is 2.11. The summed E-state index contributed by atoms with van der Waals surface area (Å²) in [6, 6.07) is 13.7. The predicted octanol–water partition coefficient (Wildman–Crippen LogP) is 4.04. The van der Waals surface area contributed by atoms with Crippen molar-refractivity contribution in [2.45, 2.75) is 19.8 Å². The predicted molar refractivity (Wildman–Crippen MR) is 89.8 cm³/mol. The van der Waals surface area contributed by atoms with Crippen LogP contribution in [0.1, 0.15) is 30.1 Å². The topological polar surface area (TPSA) is 78.7 Å². The smallest absolute Gasteiger partial charge is 0.311 e. The van der Waals surface area contributed by atoms with Gasteiger partial charge in [-0.15, -0.1) is 0 Å². The second-order valence-corrected chi connectivity index (χ2v) is 5.08. The summed E-state index contributed by atoms with van der Waals surface area (Å²) in [5.41, 5.74) is 0.127. The SMILES string of the molecule is CCC(=O)c1ccc(OCCCOc2ccccc2)c([N+](=O)[O-])c1. The maximum absolute atomic E-state index is 11.7. The first-order valence-corrected chi connectivity index (χ1v) is 7.74. The summed E-state index contributed by atoms with van der Waals surface area (Å²) in [6.45, 7) is 2.45. The van der Waals surface area contributed by atoms with E-state index in [1.54, 1.807) is 13.0 Å². The van der Waals surface area contributed by atoms with E-state index < -0.39 is 4.92 Å². The highest BCUT2D eigenvalue weighted by atomic mass is 16.6. The fraction of sp³-hybridized carbons (Fsp3) is 0.278. The van der Waals surface area contributed by atoms with Crippen molar-refractivity contribution in [3.8, 4) is 11.5 Å². The molecule has 0 saturated carbocycles. The van der Waals surface area contributed by atoms with Crippen LogP contribution in [0, 0.1) is 10.1 Å². The first-order valence-electron chi connectivity index (χ1n) is 7.74. The van der Waals surface area contributed by atoms with Gasteiger partial charge < -0.3 is 9.47 Å². The van der Waals surface area contributed by atoms with Crippen molar-refractivity contribution in [3.63, 3.8) is 0 Å². The molecular formula is C18H19NO5. The Morgan fingerprint density at radius 1 is 1.08 bits per heavy atom. The maximum Gasteiger partial charge on any atom is 0.311 e. The molecule has 24 heavy (non-hydrogen) atoms. The number of ether oxygens (including phenoxy) is 2. The number of rotatable bonds is 9. The van der Waals surface area contributed by atoms with Gasteiger partial charge in [0.2, 0.25) is 0 Å². The summed E-state index contributed by atoms with van der Waals surface area (Å²) in [4.78, 5) is 22.3. The molecule has 0 heterocycles. The van der Waals surface area contributed by atoms with Crippen LogP contribution >= 0.6 is 0 Å². The van der Waals surface area contributed by atoms with E-state index in [-0.39, 0.29) is 23.8 Å². The normalized spacial score (nSPS) is 10.2. The van der Waals surface area contributed by atoms with Crippen LogP contribution in [0.3, 0.4) is 0 Å². The van der Waals surface area contributed by atoms with E-state index in [4.69, 9.17) is 9.47 Å². The fourth-order valence-corrected chi connectivity index (χ4v) is 2.11. The third-order valence-electron chi connectivity index (χ3n) is 3.36. The number of carbonyl (C=O) groups excluding carboxylic acids is 1. The van der Waals surface area contributed by atoms with E-state index in [1.807, 2.05) is 30.3 Å². The summed E-state index contributed by atoms with van der Waals surface area (Å²) < 4.78 is 11.0. The molecule has 0 atom stereocenters. The molecule has 2 aromatic rings. The van der Waals surface area contributed by atoms with Crippen molar-refractivity contribution in [3.05, 3.63) is 64.2 Å². The minimum Gasteiger partial charge on any atom is -0.493 e. The number of para-hydroxylation sites is 1. The van der Waals surface area contributed by atoms with Gasteiger partial charge in [-0.05, 0) is 24.3 Å². The highest BCUT2D eigenvalue weighted by Gasteiger charge is 2.18. The van der Waals surface area contributed by atoms with Crippen LogP contribution in [0.25, 0.3) is 0 Å². The van der Waals surface area contributed by atoms with Gasteiger partial charge in [0.25, 0.3) is 0 Å². The first-order chi connectivity index (χ1) is 11.6. The lowest BCUT2D eigenvalue weighted by atomic mass is 10.1. The Labute approximate surface area is 140 Å². The van der Waals surface area contributed by atoms with Gasteiger partial charge in [0.05, 0.1) is 18.1 Å². The Kier molecular flexibility index (Phi) is 6.31. The van der Waals surface area contributed by atoms with Crippen molar-refractivity contribution < 1.29 is 19.2 Å². The van der Waals surface area contributed by atoms with Crippen LogP contribution in [-0.4, -0.2) is 23.9 Å². The molecule has 2 rings (SSSR count). The highest BCUT2D eigenvalue weighted by Crippen LogP contribution is 2.28. The third kappa shape index (κ3) is 4.81. The summed E-state index contributed by atoms with van der Waals surface area (Å²) in [6.07, 6.45) is 0.885. The quantitative estimate of drug-likeness (QED) is 0.300. The lowest BCUT2D eigenvalue weighted by molar-refractivity contribution is -0.385. The number of benzene rings is 2. The number of nitrogens with zero attached hydrogens (tertiary/aromatic N) is 1. The largest absolute Gasteiger partial charge is 0.493 e. The van der Waals surface area contributed by atoms with Gasteiger partial charge in [0.1, 0.15) is 5.75 Å². The molecule has 0 bridgehead atoms. The van der Waals surface area contributed by atoms with Crippen LogP contribution in [0.5, 0.6) is 11.5 Å². The number of carbonyl (C=O) groups is 1. The Balaban J connectivity index is 1.89. The molecule has 0 radical (unpaired) electrons. The molecule has 0 N–H and O–H groups in total. The molecule has 6 heteroatoms. The number of nitro benzene ring substituents is 1. The number of hydrogen-bond donors (Lipinski definition) is 0. The van der Waals surface area contributed by atoms with Crippen LogP contribution in [0.4, 0.5) is 5.69 Å². The Hall–Kier alpha value is -2.89. The van der Waals surface area contributed by atoms with Crippen molar-refractivity contribution in [2.24, 2.45) is 0 Å². The molecule has 2 aromatic carbocycles. The van der Waals surface area contributed by atoms with E-state index in [0.717, 1.165) is 5.75 Å². The number of hydrogen-bond acceptors (Lipinski definition) is 5. The molecule has 0 amide bonds. The van der Waals surface area contributed by atoms with E-state index >= 15 is 0 Å². The maximum atomic E-state index is 11.7. The summed E-state index contributed by atoms with van der Waals surface area (Å²) in [7, 11) is 0. The monoisotopic (exact) mass is 329 g/mol. The standard InChI is InChI=1S/C18H19NO5/c1-2-17(20)14-9-10-18(16(13-14)19(21)22)24-12-6-11-23-15-7-4-3-5-8-15/h3-5,7-10,13H,2,6,11-12H2,1H3. The van der Waals surface area contributed by atoms with Crippen molar-refractivity contribution >= 4 is 11.5 Å². The van der Waals surface area contributed by atoms with Gasteiger partial charge in [-0.25, -0.2) is 0 Å². The zero-order valence-corrected chi connectivity index (χ0v) is 13.4. The van der Waals surface area contributed by atoms with Crippen LogP contribution in [0.15, 0.2) is 48.5 Å². The van der Waals surface area contributed by atoms with E-state index in [9.17, 15) is 14.9 Å². The Morgan fingerprint density at radius 2 is 1.79 bits per heavy atom. The van der Waals surface area contributed by atoms with E-state index in [0.29, 0.717) is 25.0 Å². The molecule has 126 valence electrons. The lowest BCUT2D eigenvalue weighted by Gasteiger charge is -2.09. The average molecular weight is 329 g/mol. The zero-order chi connectivity index (χ0) is 17.4. The van der Waals surface area contributed by atoms with E-state index in [2.05, 4.69) is 0 Å². The van der Waals surface area contributed by atoms with Gasteiger partial charge >= 0.3 is 5.69 Å². The van der Waals surface area contributed by atoms with Gasteiger partial charge in [0.15, 0.2) is 11.5 Å². The Bertz CT molecular complexity index is 700. The lowest BCUT2D eigenvalue weighted by Crippen LogP contribution is -2.07. The Morgan fingerprint density at radius 3 is 2.46 bits per heavy atom. The number of ketones is 1. The summed E-state index contributed by atoms with van der Waals surface area (Å²) in [5.74, 6) is 0.791. The van der Waals surface area contributed by atoms with Crippen molar-refractivity contribution in [2.75, 3.05) is 13.2 Å². The highest BCUT2D eigenvalue weighted by molar-refractivity contribution is 5.96. The molecule has 0 aromatic heterocycles. The zero-order valence-electron chi connectivity index (χ0n) is 13.4. The second kappa shape index (κ2) is 8.67. The summed E-state index contributed by atoms with van der Waals surface area (Å²) >= 11 is 0. The second-order valence-electron chi connectivity index (χ2n) is 5.08. The average Bonchev–Trinajstić information content (AvgIpc) is 2.61. The number of Topliss-reactive ketones (excluding diaryl/α,β-unsaturated/α-hetero) is 1. The number of nitro groups is 1. The van der Waals surface area contributed by atoms with Gasteiger partial charge in [-0.1, -0.05) is 25.1 Å². The van der Waals surface area contributed by atoms with Crippen LogP contribution in [-0.2, 0) is 0 Å². The van der Waals surface area contributed by atoms with Crippen molar-refractivity contribution in [1.82, 2.24) is 0 Å². The van der Waals surface area contributed by atoms with Gasteiger partial charge in [-0.3, -0.25) is 14.9 Å². The molecule has 0 saturated heterocycles. The minimum atomic E-state index is -0.539. The molecule has 0 aliphatic heterocycles. The first kappa shape index (κ1) is 17.5. The minimum absolute atomic E-state index is 0.138. The van der Waals surface area contributed by atoms with Crippen LogP contribution in [0.2, 0.25) is 0 Å². The molecule has 0 aliphatic carbocycles. The van der Waals surface area contributed by atoms with Crippen LogP contribution < -0.4 is 9.47 Å². The molecule has 6 nitrogen and oxygen atoms in total. The summed E-state index contributed by atoms with van der Waals surface area (Å²) in [5, 5.41) is 11.1. The molecule has 0 unspecified atom stereocenters.